The molecule has 5 nitrogen and oxygen atoms in total. The fraction of sp³-hybridized carbons (Fsp3) is 0.538. The summed E-state index contributed by atoms with van der Waals surface area (Å²) in [6.45, 7) is 1.45. The first-order valence-electron chi connectivity index (χ1n) is 6.06. The molecule has 5 heteroatoms. The molecule has 1 aromatic rings. The maximum atomic E-state index is 9.82. The number of pyridine rings is 1. The third kappa shape index (κ3) is 2.78. The smallest absolute Gasteiger partial charge is 0.142 e. The predicted molar refractivity (Wildman–Crippen MR) is 69.3 cm³/mol. The highest BCUT2D eigenvalue weighted by Gasteiger charge is 2.32. The third-order valence-corrected chi connectivity index (χ3v) is 3.11. The predicted octanol–water partition coefficient (Wildman–Crippen LogP) is 0.454. The van der Waals surface area contributed by atoms with Crippen LogP contribution < -0.4 is 4.90 Å². The normalized spacial score (nSPS) is 23.4. The van der Waals surface area contributed by atoms with Crippen LogP contribution in [-0.4, -0.2) is 54.3 Å². The Morgan fingerprint density at radius 3 is 3.00 bits per heavy atom. The Labute approximate surface area is 107 Å². The van der Waals surface area contributed by atoms with Crippen LogP contribution in [0.4, 0.5) is 5.82 Å². The van der Waals surface area contributed by atoms with Crippen LogP contribution in [0, 0.1) is 11.3 Å². The zero-order valence-electron chi connectivity index (χ0n) is 10.7. The Bertz CT molecular complexity index is 455. The minimum atomic E-state index is -0.317. The quantitative estimate of drug-likeness (QED) is 0.839. The Morgan fingerprint density at radius 2 is 2.33 bits per heavy atom. The summed E-state index contributed by atoms with van der Waals surface area (Å²) in [6.07, 6.45) is 0.430. The SMILES string of the molecule is CN(C)CC1CC(O)CN1c1cccc(C#N)n1. The van der Waals surface area contributed by atoms with E-state index in [-0.39, 0.29) is 12.1 Å². The number of aliphatic hydroxyl groups is 1. The molecular formula is C13H18N4O. The summed E-state index contributed by atoms with van der Waals surface area (Å²) in [5, 5.41) is 18.7. The van der Waals surface area contributed by atoms with Crippen LogP contribution in [0.15, 0.2) is 18.2 Å². The standard InChI is InChI=1S/C13H18N4O/c1-16(2)8-11-6-12(18)9-17(11)13-5-3-4-10(7-14)15-13/h3-5,11-12,18H,6,8-9H2,1-2H3. The van der Waals surface area contributed by atoms with E-state index in [4.69, 9.17) is 5.26 Å². The van der Waals surface area contributed by atoms with Gasteiger partial charge in [-0.05, 0) is 32.6 Å². The maximum Gasteiger partial charge on any atom is 0.142 e. The number of hydrogen-bond acceptors (Lipinski definition) is 5. The molecule has 0 radical (unpaired) electrons. The van der Waals surface area contributed by atoms with Crippen LogP contribution in [0.1, 0.15) is 12.1 Å². The van der Waals surface area contributed by atoms with E-state index in [0.717, 1.165) is 18.8 Å². The van der Waals surface area contributed by atoms with Gasteiger partial charge in [0, 0.05) is 19.1 Å². The van der Waals surface area contributed by atoms with Gasteiger partial charge >= 0.3 is 0 Å². The highest BCUT2D eigenvalue weighted by molar-refractivity contribution is 5.44. The van der Waals surface area contributed by atoms with E-state index >= 15 is 0 Å². The van der Waals surface area contributed by atoms with Crippen LogP contribution in [-0.2, 0) is 0 Å². The van der Waals surface area contributed by atoms with E-state index in [1.165, 1.54) is 0 Å². The van der Waals surface area contributed by atoms with Gasteiger partial charge in [-0.1, -0.05) is 6.07 Å². The van der Waals surface area contributed by atoms with E-state index in [1.54, 1.807) is 6.07 Å². The number of hydrogen-bond donors (Lipinski definition) is 1. The number of likely N-dealkylation sites (N-methyl/N-ethyl adjacent to an activating group) is 1. The van der Waals surface area contributed by atoms with Crippen LogP contribution in [0.5, 0.6) is 0 Å². The number of aromatic nitrogens is 1. The highest BCUT2D eigenvalue weighted by Crippen LogP contribution is 2.24. The number of aliphatic hydroxyl groups excluding tert-OH is 1. The van der Waals surface area contributed by atoms with Gasteiger partial charge in [0.2, 0.25) is 0 Å². The van der Waals surface area contributed by atoms with Gasteiger partial charge in [-0.2, -0.15) is 5.26 Å². The molecule has 1 saturated heterocycles. The molecule has 1 aliphatic rings. The average molecular weight is 246 g/mol. The van der Waals surface area contributed by atoms with Crippen molar-refractivity contribution in [1.29, 1.82) is 5.26 Å². The molecule has 2 unspecified atom stereocenters. The van der Waals surface area contributed by atoms with Crippen molar-refractivity contribution >= 4 is 5.82 Å². The van der Waals surface area contributed by atoms with Gasteiger partial charge in [-0.15, -0.1) is 0 Å². The molecule has 0 aromatic carbocycles. The molecule has 0 bridgehead atoms. The van der Waals surface area contributed by atoms with Crippen molar-refractivity contribution in [3.63, 3.8) is 0 Å². The number of nitrogens with zero attached hydrogens (tertiary/aromatic N) is 4. The minimum absolute atomic E-state index is 0.247. The van der Waals surface area contributed by atoms with Gasteiger partial charge in [-0.3, -0.25) is 0 Å². The second-order valence-corrected chi connectivity index (χ2v) is 4.95. The van der Waals surface area contributed by atoms with E-state index in [1.807, 2.05) is 32.3 Å². The summed E-state index contributed by atoms with van der Waals surface area (Å²) in [5.74, 6) is 0.775. The van der Waals surface area contributed by atoms with Crippen molar-refractivity contribution in [2.45, 2.75) is 18.6 Å². The Kier molecular flexibility index (Phi) is 3.80. The summed E-state index contributed by atoms with van der Waals surface area (Å²) < 4.78 is 0. The topological polar surface area (TPSA) is 63.4 Å². The lowest BCUT2D eigenvalue weighted by Crippen LogP contribution is -2.38. The molecule has 0 aliphatic carbocycles. The molecule has 96 valence electrons. The summed E-state index contributed by atoms with van der Waals surface area (Å²) in [6, 6.07) is 7.71. The van der Waals surface area contributed by atoms with Crippen molar-refractivity contribution in [1.82, 2.24) is 9.88 Å². The van der Waals surface area contributed by atoms with Crippen molar-refractivity contribution in [3.8, 4) is 6.07 Å². The van der Waals surface area contributed by atoms with Crippen LogP contribution in [0.2, 0.25) is 0 Å². The maximum absolute atomic E-state index is 9.82. The third-order valence-electron chi connectivity index (χ3n) is 3.11. The lowest BCUT2D eigenvalue weighted by Gasteiger charge is -2.27. The average Bonchev–Trinajstić information content (AvgIpc) is 2.69. The summed E-state index contributed by atoms with van der Waals surface area (Å²) in [7, 11) is 4.03. The molecule has 1 fully saturated rings. The first kappa shape index (κ1) is 12.8. The monoisotopic (exact) mass is 246 g/mol. The summed E-state index contributed by atoms with van der Waals surface area (Å²) >= 11 is 0. The second-order valence-electron chi connectivity index (χ2n) is 4.95. The lowest BCUT2D eigenvalue weighted by atomic mass is 10.2. The van der Waals surface area contributed by atoms with Crippen LogP contribution in [0.25, 0.3) is 0 Å². The number of β-amino-alcohol motifs (C(OH)–C–C–N with tert-alkyl or cyclic N) is 1. The number of anilines is 1. The Morgan fingerprint density at radius 1 is 1.56 bits per heavy atom. The molecule has 2 rings (SSSR count). The van der Waals surface area contributed by atoms with E-state index in [9.17, 15) is 5.11 Å². The largest absolute Gasteiger partial charge is 0.391 e. The fourth-order valence-corrected chi connectivity index (χ4v) is 2.41. The van der Waals surface area contributed by atoms with E-state index in [0.29, 0.717) is 12.2 Å². The van der Waals surface area contributed by atoms with Crippen LogP contribution >= 0.6 is 0 Å². The molecule has 0 spiro atoms. The first-order valence-corrected chi connectivity index (χ1v) is 6.06. The van der Waals surface area contributed by atoms with Gasteiger partial charge in [0.05, 0.1) is 6.10 Å². The number of rotatable bonds is 3. The second kappa shape index (κ2) is 5.34. The fourth-order valence-electron chi connectivity index (χ4n) is 2.41. The van der Waals surface area contributed by atoms with Crippen molar-refractivity contribution in [2.75, 3.05) is 32.1 Å². The van der Waals surface area contributed by atoms with Gasteiger partial charge in [0.25, 0.3) is 0 Å². The molecule has 0 saturated carbocycles. The molecule has 1 aliphatic heterocycles. The minimum Gasteiger partial charge on any atom is -0.391 e. The summed E-state index contributed by atoms with van der Waals surface area (Å²) in [5.41, 5.74) is 0.414. The van der Waals surface area contributed by atoms with Crippen molar-refractivity contribution in [3.05, 3.63) is 23.9 Å². The van der Waals surface area contributed by atoms with Crippen molar-refractivity contribution in [2.24, 2.45) is 0 Å². The number of nitriles is 1. The van der Waals surface area contributed by atoms with Crippen molar-refractivity contribution < 1.29 is 5.11 Å². The van der Waals surface area contributed by atoms with Gasteiger partial charge in [0.15, 0.2) is 0 Å². The molecule has 1 aromatic heterocycles. The van der Waals surface area contributed by atoms with E-state index < -0.39 is 0 Å². The molecule has 18 heavy (non-hydrogen) atoms. The first-order chi connectivity index (χ1) is 8.60. The Balaban J connectivity index is 2.21. The molecular weight excluding hydrogens is 228 g/mol. The molecule has 2 heterocycles. The Hall–Kier alpha value is -1.64. The molecule has 1 N–H and O–H groups in total. The van der Waals surface area contributed by atoms with Gasteiger partial charge in [-0.25, -0.2) is 4.98 Å². The van der Waals surface area contributed by atoms with Gasteiger partial charge < -0.3 is 14.9 Å². The highest BCUT2D eigenvalue weighted by atomic mass is 16.3. The van der Waals surface area contributed by atoms with Crippen LogP contribution in [0.3, 0.4) is 0 Å². The zero-order valence-corrected chi connectivity index (χ0v) is 10.7. The van der Waals surface area contributed by atoms with Gasteiger partial charge in [0.1, 0.15) is 17.6 Å². The molecule has 0 amide bonds. The van der Waals surface area contributed by atoms with E-state index in [2.05, 4.69) is 14.8 Å². The summed E-state index contributed by atoms with van der Waals surface area (Å²) in [4.78, 5) is 8.49. The molecule has 2 atom stereocenters. The zero-order chi connectivity index (χ0) is 13.1. The lowest BCUT2D eigenvalue weighted by molar-refractivity contribution is 0.191.